The fraction of sp³-hybridized carbons (Fsp3) is 1.00. The van der Waals surface area contributed by atoms with Gasteiger partial charge < -0.3 is 10.4 Å². The molecular formula is C13H27NOS. The van der Waals surface area contributed by atoms with Gasteiger partial charge in [-0.3, -0.25) is 0 Å². The van der Waals surface area contributed by atoms with Crippen molar-refractivity contribution in [1.82, 2.24) is 5.32 Å². The molecule has 2 unspecified atom stereocenters. The molecule has 2 N–H and O–H groups in total. The maximum Gasteiger partial charge on any atom is 0.0436 e. The van der Waals surface area contributed by atoms with Gasteiger partial charge in [-0.2, -0.15) is 11.8 Å². The fourth-order valence-corrected chi connectivity index (χ4v) is 3.37. The number of aliphatic hydroxyl groups excluding tert-OH is 1. The van der Waals surface area contributed by atoms with E-state index < -0.39 is 0 Å². The SMILES string of the molecule is CSC1CCCCC1NCC(C)(C)CCO. The lowest BCUT2D eigenvalue weighted by Crippen LogP contribution is -2.44. The van der Waals surface area contributed by atoms with Crippen LogP contribution in [0.15, 0.2) is 0 Å². The van der Waals surface area contributed by atoms with Crippen LogP contribution in [0, 0.1) is 5.41 Å². The first-order valence-corrected chi connectivity index (χ1v) is 7.75. The summed E-state index contributed by atoms with van der Waals surface area (Å²) in [6.07, 6.45) is 8.55. The minimum absolute atomic E-state index is 0.217. The second kappa shape index (κ2) is 6.87. The molecule has 0 saturated heterocycles. The van der Waals surface area contributed by atoms with E-state index in [-0.39, 0.29) is 5.41 Å². The van der Waals surface area contributed by atoms with Crippen LogP contribution in [0.2, 0.25) is 0 Å². The molecule has 3 heteroatoms. The van der Waals surface area contributed by atoms with Crippen LogP contribution in [0.4, 0.5) is 0 Å². The fourth-order valence-electron chi connectivity index (χ4n) is 2.41. The topological polar surface area (TPSA) is 32.3 Å². The molecule has 2 atom stereocenters. The van der Waals surface area contributed by atoms with E-state index in [1.165, 1.54) is 25.7 Å². The van der Waals surface area contributed by atoms with Crippen molar-refractivity contribution < 1.29 is 5.11 Å². The van der Waals surface area contributed by atoms with E-state index in [9.17, 15) is 0 Å². The molecule has 0 aromatic heterocycles. The molecular weight excluding hydrogens is 218 g/mol. The van der Waals surface area contributed by atoms with E-state index >= 15 is 0 Å². The molecule has 96 valence electrons. The first-order valence-electron chi connectivity index (χ1n) is 6.46. The van der Waals surface area contributed by atoms with Gasteiger partial charge in [-0.1, -0.05) is 26.7 Å². The second-order valence-electron chi connectivity index (χ2n) is 5.68. The first kappa shape index (κ1) is 14.3. The van der Waals surface area contributed by atoms with Gasteiger partial charge in [0.05, 0.1) is 0 Å². The Kier molecular flexibility index (Phi) is 6.16. The summed E-state index contributed by atoms with van der Waals surface area (Å²) in [7, 11) is 0. The Hall–Kier alpha value is 0.270. The molecule has 0 aromatic rings. The average Bonchev–Trinajstić information content (AvgIpc) is 2.27. The molecule has 0 radical (unpaired) electrons. The highest BCUT2D eigenvalue weighted by atomic mass is 32.2. The lowest BCUT2D eigenvalue weighted by atomic mass is 9.88. The van der Waals surface area contributed by atoms with Crippen molar-refractivity contribution in [2.75, 3.05) is 19.4 Å². The maximum absolute atomic E-state index is 9.01. The molecule has 16 heavy (non-hydrogen) atoms. The highest BCUT2D eigenvalue weighted by Gasteiger charge is 2.26. The number of nitrogens with one attached hydrogen (secondary N) is 1. The highest BCUT2D eigenvalue weighted by molar-refractivity contribution is 7.99. The van der Waals surface area contributed by atoms with Gasteiger partial charge in [-0.15, -0.1) is 0 Å². The number of rotatable bonds is 6. The predicted molar refractivity (Wildman–Crippen MR) is 73.0 cm³/mol. The van der Waals surface area contributed by atoms with E-state index in [2.05, 4.69) is 25.4 Å². The summed E-state index contributed by atoms with van der Waals surface area (Å²) in [6.45, 7) is 5.78. The van der Waals surface area contributed by atoms with E-state index in [4.69, 9.17) is 5.11 Å². The van der Waals surface area contributed by atoms with Crippen molar-refractivity contribution in [3.63, 3.8) is 0 Å². The average molecular weight is 245 g/mol. The normalized spacial score (nSPS) is 27.0. The molecule has 1 aliphatic rings. The monoisotopic (exact) mass is 245 g/mol. The van der Waals surface area contributed by atoms with Crippen LogP contribution >= 0.6 is 11.8 Å². The van der Waals surface area contributed by atoms with Gasteiger partial charge in [0.1, 0.15) is 0 Å². The molecule has 0 bridgehead atoms. The molecule has 0 heterocycles. The minimum atomic E-state index is 0.217. The molecule has 0 spiro atoms. The van der Waals surface area contributed by atoms with E-state index in [1.54, 1.807) is 0 Å². The molecule has 0 aliphatic heterocycles. The Balaban J connectivity index is 2.34. The lowest BCUT2D eigenvalue weighted by Gasteiger charge is -2.34. The van der Waals surface area contributed by atoms with Crippen molar-refractivity contribution in [2.45, 2.75) is 57.2 Å². The second-order valence-corrected chi connectivity index (χ2v) is 6.76. The minimum Gasteiger partial charge on any atom is -0.396 e. The summed E-state index contributed by atoms with van der Waals surface area (Å²) in [5.41, 5.74) is 0.217. The smallest absolute Gasteiger partial charge is 0.0436 e. The number of hydrogen-bond donors (Lipinski definition) is 2. The first-order chi connectivity index (χ1) is 7.59. The summed E-state index contributed by atoms with van der Waals surface area (Å²) >= 11 is 2.01. The summed E-state index contributed by atoms with van der Waals surface area (Å²) in [5, 5.41) is 13.5. The van der Waals surface area contributed by atoms with Crippen molar-refractivity contribution in [3.05, 3.63) is 0 Å². The molecule has 1 fully saturated rings. The third-order valence-electron chi connectivity index (χ3n) is 3.64. The zero-order valence-electron chi connectivity index (χ0n) is 11.0. The van der Waals surface area contributed by atoms with E-state index in [0.29, 0.717) is 12.6 Å². The van der Waals surface area contributed by atoms with Crippen LogP contribution in [0.1, 0.15) is 46.0 Å². The number of hydrogen-bond acceptors (Lipinski definition) is 3. The quantitative estimate of drug-likeness (QED) is 0.754. The molecule has 1 saturated carbocycles. The molecule has 0 amide bonds. The zero-order valence-corrected chi connectivity index (χ0v) is 11.8. The lowest BCUT2D eigenvalue weighted by molar-refractivity contribution is 0.199. The Bertz CT molecular complexity index is 196. The van der Waals surface area contributed by atoms with Crippen LogP contribution in [-0.2, 0) is 0 Å². The van der Waals surface area contributed by atoms with Gasteiger partial charge in [0.15, 0.2) is 0 Å². The molecule has 0 aromatic carbocycles. The largest absolute Gasteiger partial charge is 0.396 e. The Morgan fingerprint density at radius 3 is 2.62 bits per heavy atom. The molecule has 2 nitrogen and oxygen atoms in total. The van der Waals surface area contributed by atoms with Gasteiger partial charge in [-0.05, 0) is 30.9 Å². The Labute approximate surface area is 105 Å². The van der Waals surface area contributed by atoms with E-state index in [1.807, 2.05) is 11.8 Å². The van der Waals surface area contributed by atoms with Crippen LogP contribution < -0.4 is 5.32 Å². The van der Waals surface area contributed by atoms with E-state index in [0.717, 1.165) is 18.2 Å². The van der Waals surface area contributed by atoms with Gasteiger partial charge in [0.2, 0.25) is 0 Å². The maximum atomic E-state index is 9.01. The van der Waals surface area contributed by atoms with Crippen LogP contribution in [0.5, 0.6) is 0 Å². The number of aliphatic hydroxyl groups is 1. The summed E-state index contributed by atoms with van der Waals surface area (Å²) in [4.78, 5) is 0. The van der Waals surface area contributed by atoms with Crippen molar-refractivity contribution >= 4 is 11.8 Å². The van der Waals surface area contributed by atoms with Crippen LogP contribution in [0.3, 0.4) is 0 Å². The third kappa shape index (κ3) is 4.64. The Morgan fingerprint density at radius 1 is 1.31 bits per heavy atom. The standard InChI is InChI=1S/C13H27NOS/c1-13(2,8-9-15)10-14-11-6-4-5-7-12(11)16-3/h11-12,14-15H,4-10H2,1-3H3. The predicted octanol–water partition coefficient (Wildman–Crippen LogP) is 2.66. The van der Waals surface area contributed by atoms with Crippen molar-refractivity contribution in [1.29, 1.82) is 0 Å². The summed E-state index contributed by atoms with van der Waals surface area (Å²) < 4.78 is 0. The number of thioether (sulfide) groups is 1. The summed E-state index contributed by atoms with van der Waals surface area (Å²) in [6, 6.07) is 0.682. The Morgan fingerprint density at radius 2 is 2.00 bits per heavy atom. The van der Waals surface area contributed by atoms with Gasteiger partial charge in [0, 0.05) is 24.4 Å². The van der Waals surface area contributed by atoms with Crippen LogP contribution in [-0.4, -0.2) is 35.8 Å². The van der Waals surface area contributed by atoms with Gasteiger partial charge in [0.25, 0.3) is 0 Å². The zero-order chi connectivity index (χ0) is 12.0. The molecule has 1 aliphatic carbocycles. The van der Waals surface area contributed by atoms with Crippen molar-refractivity contribution in [2.24, 2.45) is 5.41 Å². The van der Waals surface area contributed by atoms with Gasteiger partial charge in [-0.25, -0.2) is 0 Å². The third-order valence-corrected chi connectivity index (χ3v) is 4.81. The van der Waals surface area contributed by atoms with Crippen LogP contribution in [0.25, 0.3) is 0 Å². The highest BCUT2D eigenvalue weighted by Crippen LogP contribution is 2.28. The van der Waals surface area contributed by atoms with Crippen molar-refractivity contribution in [3.8, 4) is 0 Å². The molecule has 1 rings (SSSR count). The van der Waals surface area contributed by atoms with Gasteiger partial charge >= 0.3 is 0 Å². The summed E-state index contributed by atoms with van der Waals surface area (Å²) in [5.74, 6) is 0.